The van der Waals surface area contributed by atoms with E-state index in [-0.39, 0.29) is 49.0 Å². The Balaban J connectivity index is 1.96. The number of benzene rings is 1. The number of methoxy groups -OCH3 is 2. The Morgan fingerprint density at radius 3 is 2.64 bits per heavy atom. The molecule has 1 aliphatic rings. The fraction of sp³-hybridized carbons (Fsp3) is 0.462. The Labute approximate surface area is 211 Å². The number of carbonyl (C=O) groups excluding carboxylic acids is 3. The van der Waals surface area contributed by atoms with E-state index in [1.807, 2.05) is 13.8 Å². The number of hydrogen-bond acceptors (Lipinski definition) is 7. The van der Waals surface area contributed by atoms with Gasteiger partial charge in [0, 0.05) is 58.4 Å². The van der Waals surface area contributed by atoms with Crippen LogP contribution in [0, 0.1) is 5.92 Å². The summed E-state index contributed by atoms with van der Waals surface area (Å²) in [7, 11) is 4.72. The van der Waals surface area contributed by atoms with Crippen molar-refractivity contribution in [3.8, 4) is 5.75 Å². The van der Waals surface area contributed by atoms with Gasteiger partial charge in [-0.05, 0) is 37.3 Å². The lowest BCUT2D eigenvalue weighted by Gasteiger charge is -2.36. The van der Waals surface area contributed by atoms with Crippen LogP contribution in [0.15, 0.2) is 42.7 Å². The molecular weight excluding hydrogens is 464 g/mol. The first-order valence-electron chi connectivity index (χ1n) is 11.8. The van der Waals surface area contributed by atoms with Crippen molar-refractivity contribution < 1.29 is 28.6 Å². The topological polar surface area (TPSA) is 110 Å². The molecule has 0 bridgehead atoms. The second kappa shape index (κ2) is 12.5. The van der Waals surface area contributed by atoms with Gasteiger partial charge in [-0.2, -0.15) is 0 Å². The third-order valence-electron chi connectivity index (χ3n) is 6.17. The van der Waals surface area contributed by atoms with Gasteiger partial charge in [-0.25, -0.2) is 0 Å². The van der Waals surface area contributed by atoms with E-state index in [0.717, 1.165) is 0 Å². The van der Waals surface area contributed by atoms with Crippen molar-refractivity contribution in [1.82, 2.24) is 14.8 Å². The van der Waals surface area contributed by atoms with Gasteiger partial charge in [-0.1, -0.05) is 6.92 Å². The molecule has 0 saturated heterocycles. The predicted molar refractivity (Wildman–Crippen MR) is 134 cm³/mol. The number of anilines is 1. The number of rotatable bonds is 5. The Bertz CT molecular complexity index is 1060. The van der Waals surface area contributed by atoms with Crippen molar-refractivity contribution in [2.45, 2.75) is 26.0 Å². The highest BCUT2D eigenvalue weighted by atomic mass is 16.5. The maximum Gasteiger partial charge on any atom is 0.257 e. The third-order valence-corrected chi connectivity index (χ3v) is 6.17. The molecule has 10 nitrogen and oxygen atoms in total. The molecule has 2 heterocycles. The standard InChI is InChI=1S/C26H34N4O6/c1-17-13-30(25(32)19-7-6-10-27-12-19)18(2)15-36-22-9-8-20(28-24(31)16-34-4)11-21(22)26(33)29(3)14-23(17)35-5/h6-12,17-18,23H,13-16H2,1-5H3,(H,28,31)/t17-,18+,23+/m0/s1. The van der Waals surface area contributed by atoms with Gasteiger partial charge >= 0.3 is 0 Å². The molecule has 0 radical (unpaired) electrons. The van der Waals surface area contributed by atoms with Gasteiger partial charge in [0.15, 0.2) is 0 Å². The fourth-order valence-corrected chi connectivity index (χ4v) is 4.12. The molecule has 194 valence electrons. The normalized spacial score (nSPS) is 21.0. The quantitative estimate of drug-likeness (QED) is 0.674. The molecule has 1 N–H and O–H groups in total. The maximum atomic E-state index is 13.4. The number of hydrogen-bond donors (Lipinski definition) is 1. The van der Waals surface area contributed by atoms with Crippen molar-refractivity contribution in [3.05, 3.63) is 53.9 Å². The van der Waals surface area contributed by atoms with Crippen molar-refractivity contribution >= 4 is 23.4 Å². The first-order valence-corrected chi connectivity index (χ1v) is 11.8. The van der Waals surface area contributed by atoms with Gasteiger partial charge in [0.1, 0.15) is 19.0 Å². The van der Waals surface area contributed by atoms with Gasteiger partial charge in [-0.3, -0.25) is 19.4 Å². The Hall–Kier alpha value is -3.50. The minimum Gasteiger partial charge on any atom is -0.491 e. The number of nitrogens with zero attached hydrogens (tertiary/aromatic N) is 3. The van der Waals surface area contributed by atoms with Crippen LogP contribution in [0.3, 0.4) is 0 Å². The molecule has 0 saturated carbocycles. The van der Waals surface area contributed by atoms with E-state index in [0.29, 0.717) is 35.7 Å². The molecule has 0 unspecified atom stereocenters. The number of pyridine rings is 1. The van der Waals surface area contributed by atoms with Crippen molar-refractivity contribution in [1.29, 1.82) is 0 Å². The molecule has 1 aliphatic heterocycles. The largest absolute Gasteiger partial charge is 0.491 e. The molecule has 0 spiro atoms. The molecular formula is C26H34N4O6. The smallest absolute Gasteiger partial charge is 0.257 e. The maximum absolute atomic E-state index is 13.4. The van der Waals surface area contributed by atoms with Crippen molar-refractivity contribution in [2.75, 3.05) is 52.9 Å². The highest BCUT2D eigenvalue weighted by Crippen LogP contribution is 2.27. The molecule has 3 amide bonds. The van der Waals surface area contributed by atoms with Crippen LogP contribution < -0.4 is 10.1 Å². The molecule has 3 atom stereocenters. The lowest BCUT2D eigenvalue weighted by atomic mass is 10.0. The number of ether oxygens (including phenoxy) is 3. The van der Waals surface area contributed by atoms with Gasteiger partial charge < -0.3 is 29.3 Å². The Morgan fingerprint density at radius 2 is 1.97 bits per heavy atom. The minimum absolute atomic E-state index is 0.0770. The van der Waals surface area contributed by atoms with E-state index in [9.17, 15) is 14.4 Å². The molecule has 2 aromatic rings. The Morgan fingerprint density at radius 1 is 1.19 bits per heavy atom. The Kier molecular flexibility index (Phi) is 9.38. The van der Waals surface area contributed by atoms with Gasteiger partial charge in [0.05, 0.1) is 23.3 Å². The van der Waals surface area contributed by atoms with Crippen LogP contribution in [0.1, 0.15) is 34.6 Å². The highest BCUT2D eigenvalue weighted by molar-refractivity contribution is 5.99. The lowest BCUT2D eigenvalue weighted by molar-refractivity contribution is -0.119. The van der Waals surface area contributed by atoms with E-state index in [1.165, 1.54) is 7.11 Å². The first-order chi connectivity index (χ1) is 17.2. The summed E-state index contributed by atoms with van der Waals surface area (Å²) in [6, 6.07) is 8.05. The fourth-order valence-electron chi connectivity index (χ4n) is 4.12. The summed E-state index contributed by atoms with van der Waals surface area (Å²) >= 11 is 0. The zero-order valence-electron chi connectivity index (χ0n) is 21.4. The lowest BCUT2D eigenvalue weighted by Crippen LogP contribution is -2.48. The van der Waals surface area contributed by atoms with E-state index in [1.54, 1.807) is 66.7 Å². The molecule has 1 aromatic heterocycles. The number of fused-ring (bicyclic) bond motifs is 1. The molecule has 0 fully saturated rings. The number of likely N-dealkylation sites (N-methyl/N-ethyl adjacent to an activating group) is 1. The minimum atomic E-state index is -0.334. The van der Waals surface area contributed by atoms with Crippen LogP contribution in [-0.2, 0) is 14.3 Å². The van der Waals surface area contributed by atoms with Crippen LogP contribution in [-0.4, -0.2) is 92.2 Å². The summed E-state index contributed by atoms with van der Waals surface area (Å²) in [4.78, 5) is 46.2. The number of nitrogens with one attached hydrogen (secondary N) is 1. The zero-order valence-corrected chi connectivity index (χ0v) is 21.4. The molecule has 36 heavy (non-hydrogen) atoms. The summed E-state index contributed by atoms with van der Waals surface area (Å²) in [6.07, 6.45) is 2.86. The van der Waals surface area contributed by atoms with E-state index >= 15 is 0 Å². The van der Waals surface area contributed by atoms with Crippen LogP contribution in [0.2, 0.25) is 0 Å². The molecule has 0 aliphatic carbocycles. The monoisotopic (exact) mass is 498 g/mol. The second-order valence-corrected chi connectivity index (χ2v) is 8.99. The summed E-state index contributed by atoms with van der Waals surface area (Å²) < 4.78 is 16.7. The summed E-state index contributed by atoms with van der Waals surface area (Å²) in [5.74, 6) is -0.470. The SMILES string of the molecule is COCC(=O)Nc1ccc2c(c1)C(=O)N(C)C[C@@H](OC)[C@@H](C)CN(C(=O)c1cccnc1)[C@H](C)CO2. The molecule has 1 aromatic carbocycles. The summed E-state index contributed by atoms with van der Waals surface area (Å²) in [5.41, 5.74) is 1.24. The second-order valence-electron chi connectivity index (χ2n) is 8.99. The van der Waals surface area contributed by atoms with Crippen LogP contribution in [0.5, 0.6) is 5.75 Å². The van der Waals surface area contributed by atoms with Gasteiger partial charge in [-0.15, -0.1) is 0 Å². The van der Waals surface area contributed by atoms with Crippen LogP contribution in [0.4, 0.5) is 5.69 Å². The van der Waals surface area contributed by atoms with E-state index < -0.39 is 0 Å². The molecule has 3 rings (SSSR count). The van der Waals surface area contributed by atoms with Gasteiger partial charge in [0.2, 0.25) is 5.91 Å². The average Bonchev–Trinajstić information content (AvgIpc) is 2.88. The van der Waals surface area contributed by atoms with Crippen molar-refractivity contribution in [2.24, 2.45) is 5.92 Å². The molecule has 10 heteroatoms. The van der Waals surface area contributed by atoms with Crippen LogP contribution in [0.25, 0.3) is 0 Å². The highest BCUT2D eigenvalue weighted by Gasteiger charge is 2.31. The van der Waals surface area contributed by atoms with E-state index in [2.05, 4.69) is 10.3 Å². The van der Waals surface area contributed by atoms with Gasteiger partial charge in [0.25, 0.3) is 11.8 Å². The number of carbonyl (C=O) groups is 3. The van der Waals surface area contributed by atoms with E-state index in [4.69, 9.17) is 14.2 Å². The first kappa shape index (κ1) is 27.1. The third kappa shape index (κ3) is 6.58. The average molecular weight is 499 g/mol. The summed E-state index contributed by atoms with van der Waals surface area (Å²) in [5, 5.41) is 2.72. The zero-order chi connectivity index (χ0) is 26.2. The van der Waals surface area contributed by atoms with Crippen molar-refractivity contribution in [3.63, 3.8) is 0 Å². The van der Waals surface area contributed by atoms with Crippen LogP contribution >= 0.6 is 0 Å². The number of amides is 3. The predicted octanol–water partition coefficient (Wildman–Crippen LogP) is 2.31. The number of aromatic nitrogens is 1. The summed E-state index contributed by atoms with van der Waals surface area (Å²) in [6.45, 7) is 4.67.